The summed E-state index contributed by atoms with van der Waals surface area (Å²) in [5.41, 5.74) is 16.0. The number of carboxylic acids is 2. The summed E-state index contributed by atoms with van der Waals surface area (Å²) in [6.07, 6.45) is -3.52. The number of aliphatic hydroxyl groups is 2. The number of nitrogens with one attached hydrogen (secondary N) is 3. The number of carboxylic acid groups (broad SMARTS) is 2. The molecule has 35 heavy (non-hydrogen) atoms. The highest BCUT2D eigenvalue weighted by molar-refractivity contribution is 5.94. The second-order valence-corrected chi connectivity index (χ2v) is 7.84. The van der Waals surface area contributed by atoms with Gasteiger partial charge in [0.1, 0.15) is 18.1 Å². The number of carbonyl (C=O) groups excluding carboxylic acids is 3. The van der Waals surface area contributed by atoms with Crippen molar-refractivity contribution >= 4 is 35.6 Å². The van der Waals surface area contributed by atoms with Crippen LogP contribution in [0.3, 0.4) is 0 Å². The number of guanidine groups is 1. The second kappa shape index (κ2) is 15.4. The van der Waals surface area contributed by atoms with Gasteiger partial charge in [-0.3, -0.25) is 24.2 Å². The number of aliphatic carboxylic acids is 2. The molecule has 0 aliphatic carbocycles. The highest BCUT2D eigenvalue weighted by Crippen LogP contribution is 2.05. The topological polar surface area (TPSA) is 293 Å². The van der Waals surface area contributed by atoms with E-state index in [1.807, 2.05) is 0 Å². The van der Waals surface area contributed by atoms with Gasteiger partial charge in [0.05, 0.1) is 12.2 Å². The third-order valence-electron chi connectivity index (χ3n) is 4.73. The average Bonchev–Trinajstić information content (AvgIpc) is 2.74. The van der Waals surface area contributed by atoms with Crippen molar-refractivity contribution in [3.05, 3.63) is 0 Å². The number of aliphatic imine (C=N–C) groups is 1. The fraction of sp³-hybridized carbons (Fsp3) is 0.684. The molecule has 0 radical (unpaired) electrons. The molecule has 200 valence electrons. The van der Waals surface area contributed by atoms with Crippen LogP contribution in [0.15, 0.2) is 4.99 Å². The molecule has 0 aromatic carbocycles. The van der Waals surface area contributed by atoms with E-state index >= 15 is 0 Å². The Kier molecular flexibility index (Phi) is 13.9. The number of hydrogen-bond acceptors (Lipinski definition) is 9. The lowest BCUT2D eigenvalue weighted by Crippen LogP contribution is -2.59. The summed E-state index contributed by atoms with van der Waals surface area (Å²) >= 11 is 0. The van der Waals surface area contributed by atoms with Crippen LogP contribution in [0.2, 0.25) is 0 Å². The van der Waals surface area contributed by atoms with Crippen molar-refractivity contribution in [2.24, 2.45) is 22.2 Å². The van der Waals surface area contributed by atoms with E-state index in [4.69, 9.17) is 22.3 Å². The largest absolute Gasteiger partial charge is 0.481 e. The van der Waals surface area contributed by atoms with Gasteiger partial charge in [0.25, 0.3) is 0 Å². The van der Waals surface area contributed by atoms with Crippen molar-refractivity contribution in [1.82, 2.24) is 16.0 Å². The molecule has 13 N–H and O–H groups in total. The van der Waals surface area contributed by atoms with Crippen LogP contribution in [-0.4, -0.2) is 99.0 Å². The van der Waals surface area contributed by atoms with Crippen LogP contribution >= 0.6 is 0 Å². The molecular weight excluding hydrogens is 470 g/mol. The van der Waals surface area contributed by atoms with Gasteiger partial charge in [-0.15, -0.1) is 0 Å². The van der Waals surface area contributed by atoms with Crippen LogP contribution in [0.1, 0.15) is 39.5 Å². The molecule has 6 atom stereocenters. The standard InChI is InChI=1S/C19H35N7O9/c1-8(27)13(20)17(33)25-11(5-6-12(29)30)15(31)24-10(4-3-7-23-19(21)22)16(32)26-14(9(2)28)18(34)35/h8-11,13-14,27-28H,3-7,20H2,1-2H3,(H,24,31)(H,25,33)(H,26,32)(H,29,30)(H,34,35)(H4,21,22,23). The molecule has 0 spiro atoms. The van der Waals surface area contributed by atoms with Gasteiger partial charge in [-0.25, -0.2) is 4.79 Å². The van der Waals surface area contributed by atoms with Crippen molar-refractivity contribution < 1.29 is 44.4 Å². The monoisotopic (exact) mass is 505 g/mol. The average molecular weight is 506 g/mol. The first kappa shape index (κ1) is 31.5. The molecular formula is C19H35N7O9. The Morgan fingerprint density at radius 3 is 1.80 bits per heavy atom. The maximum atomic E-state index is 12.9. The first-order valence-electron chi connectivity index (χ1n) is 10.7. The summed E-state index contributed by atoms with van der Waals surface area (Å²) in [7, 11) is 0. The Morgan fingerprint density at radius 2 is 1.34 bits per heavy atom. The van der Waals surface area contributed by atoms with Crippen molar-refractivity contribution in [1.29, 1.82) is 0 Å². The van der Waals surface area contributed by atoms with Gasteiger partial charge in [-0.1, -0.05) is 0 Å². The molecule has 0 fully saturated rings. The molecule has 0 saturated heterocycles. The van der Waals surface area contributed by atoms with Crippen LogP contribution in [0.25, 0.3) is 0 Å². The number of nitrogens with two attached hydrogens (primary N) is 3. The Balaban J connectivity index is 5.68. The molecule has 0 aromatic heterocycles. The van der Waals surface area contributed by atoms with Crippen molar-refractivity contribution in [3.63, 3.8) is 0 Å². The molecule has 0 rings (SSSR count). The lowest BCUT2D eigenvalue weighted by Gasteiger charge is -2.26. The molecule has 0 aliphatic rings. The van der Waals surface area contributed by atoms with Gasteiger partial charge in [0.15, 0.2) is 12.0 Å². The second-order valence-electron chi connectivity index (χ2n) is 7.84. The number of nitrogens with zero attached hydrogens (tertiary/aromatic N) is 1. The van der Waals surface area contributed by atoms with Crippen molar-refractivity contribution in [2.45, 2.75) is 75.9 Å². The van der Waals surface area contributed by atoms with Gasteiger partial charge >= 0.3 is 11.9 Å². The van der Waals surface area contributed by atoms with Crippen LogP contribution in [0.4, 0.5) is 0 Å². The third-order valence-corrected chi connectivity index (χ3v) is 4.73. The summed E-state index contributed by atoms with van der Waals surface area (Å²) in [5.74, 6) is -5.83. The summed E-state index contributed by atoms with van der Waals surface area (Å²) in [4.78, 5) is 63.8. The predicted octanol–water partition coefficient (Wildman–Crippen LogP) is -4.47. The summed E-state index contributed by atoms with van der Waals surface area (Å²) in [5, 5.41) is 43.9. The molecule has 0 bridgehead atoms. The fourth-order valence-corrected chi connectivity index (χ4v) is 2.71. The highest BCUT2D eigenvalue weighted by atomic mass is 16.4. The number of rotatable bonds is 16. The van der Waals surface area contributed by atoms with E-state index in [1.165, 1.54) is 6.92 Å². The third kappa shape index (κ3) is 12.5. The zero-order valence-electron chi connectivity index (χ0n) is 19.5. The Bertz CT molecular complexity index is 785. The predicted molar refractivity (Wildman–Crippen MR) is 122 cm³/mol. The van der Waals surface area contributed by atoms with Crippen LogP contribution < -0.4 is 33.2 Å². The highest BCUT2D eigenvalue weighted by Gasteiger charge is 2.32. The van der Waals surface area contributed by atoms with Crippen LogP contribution in [0.5, 0.6) is 0 Å². The van der Waals surface area contributed by atoms with E-state index < -0.39 is 72.5 Å². The summed E-state index contributed by atoms with van der Waals surface area (Å²) < 4.78 is 0. The van der Waals surface area contributed by atoms with Crippen LogP contribution in [0, 0.1) is 0 Å². The van der Waals surface area contributed by atoms with Gasteiger partial charge in [0, 0.05) is 13.0 Å². The maximum Gasteiger partial charge on any atom is 0.328 e. The summed E-state index contributed by atoms with van der Waals surface area (Å²) in [6.45, 7) is 2.46. The van der Waals surface area contributed by atoms with Gasteiger partial charge in [0.2, 0.25) is 17.7 Å². The minimum absolute atomic E-state index is 0.0726. The number of amides is 3. The van der Waals surface area contributed by atoms with E-state index in [0.29, 0.717) is 0 Å². The fourth-order valence-electron chi connectivity index (χ4n) is 2.71. The molecule has 6 unspecified atom stereocenters. The van der Waals surface area contributed by atoms with E-state index in [0.717, 1.165) is 6.92 Å². The van der Waals surface area contributed by atoms with Gasteiger partial charge in [-0.2, -0.15) is 0 Å². The molecule has 3 amide bonds. The smallest absolute Gasteiger partial charge is 0.328 e. The van der Waals surface area contributed by atoms with Crippen molar-refractivity contribution in [2.75, 3.05) is 6.54 Å². The Morgan fingerprint density at radius 1 is 0.829 bits per heavy atom. The number of carbonyl (C=O) groups is 5. The van der Waals surface area contributed by atoms with E-state index in [2.05, 4.69) is 20.9 Å². The first-order chi connectivity index (χ1) is 16.2. The van der Waals surface area contributed by atoms with E-state index in [9.17, 15) is 39.3 Å². The Labute approximate surface area is 201 Å². The van der Waals surface area contributed by atoms with Crippen molar-refractivity contribution in [3.8, 4) is 0 Å². The van der Waals surface area contributed by atoms with Gasteiger partial charge < -0.3 is 53.6 Å². The first-order valence-corrected chi connectivity index (χ1v) is 10.7. The number of hydrogen-bond donors (Lipinski definition) is 10. The zero-order chi connectivity index (χ0) is 27.3. The molecule has 0 aliphatic heterocycles. The maximum absolute atomic E-state index is 12.9. The SMILES string of the molecule is CC(O)C(N)C(=O)NC(CCC(=O)O)C(=O)NC(CCCN=C(N)N)C(=O)NC(C(=O)O)C(C)O. The van der Waals surface area contributed by atoms with Gasteiger partial charge in [-0.05, 0) is 33.1 Å². The molecule has 0 saturated carbocycles. The van der Waals surface area contributed by atoms with E-state index in [1.54, 1.807) is 0 Å². The number of aliphatic hydroxyl groups excluding tert-OH is 2. The minimum atomic E-state index is -1.67. The molecule has 0 aromatic rings. The zero-order valence-corrected chi connectivity index (χ0v) is 19.5. The molecule has 16 nitrogen and oxygen atoms in total. The lowest BCUT2D eigenvalue weighted by atomic mass is 10.1. The minimum Gasteiger partial charge on any atom is -0.481 e. The Hall–Kier alpha value is -3.50. The van der Waals surface area contributed by atoms with Crippen LogP contribution in [-0.2, 0) is 24.0 Å². The molecule has 0 heterocycles. The quantitative estimate of drug-likeness (QED) is 0.0539. The lowest BCUT2D eigenvalue weighted by molar-refractivity contribution is -0.145. The normalized spacial score (nSPS) is 15.9. The summed E-state index contributed by atoms with van der Waals surface area (Å²) in [6, 6.07) is -5.88. The molecule has 16 heteroatoms. The van der Waals surface area contributed by atoms with E-state index in [-0.39, 0.29) is 31.8 Å².